The molecule has 1 rings (SSSR count). The lowest BCUT2D eigenvalue weighted by Crippen LogP contribution is -2.53. The van der Waals surface area contributed by atoms with Crippen molar-refractivity contribution in [2.45, 2.75) is 279 Å². The van der Waals surface area contributed by atoms with Gasteiger partial charge in [-0.05, 0) is 131 Å². The van der Waals surface area contributed by atoms with Gasteiger partial charge in [0, 0.05) is 30.4 Å². The third kappa shape index (κ3) is 19.9. The lowest BCUT2D eigenvalue weighted by Gasteiger charge is -2.47. The van der Waals surface area contributed by atoms with Crippen LogP contribution in [0.25, 0.3) is 0 Å². The fraction of sp³-hybridized carbons (Fsp3) is 0.842. The minimum absolute atomic E-state index is 0.00694. The van der Waals surface area contributed by atoms with Gasteiger partial charge >= 0.3 is 5.97 Å². The SMILES string of the molecule is CO[C@@H](C)[C@@H](C)[C@H](O[Si](C)(C)C(C)(C)C)[C@H](C)[C@H](C/C=C/C[C@H](C)[C@@H](O)C/C=C/C[C@@H](O[Si](C)(C)C(C)(C)C)[C@@H]1O[C@H]1[C@@H](O[Si](C)(C)C(C)(C)C)[C@H](C)/C=C(C)/C=C(\C)C(=O)O)O[Si](C)(C)C(C)(C)C. The fourth-order valence-electron chi connectivity index (χ4n) is 7.68. The van der Waals surface area contributed by atoms with E-state index in [1.165, 1.54) is 0 Å². The number of allylic oxidation sites excluding steroid dienone is 3. The number of ether oxygens (including phenoxy) is 2. The van der Waals surface area contributed by atoms with Gasteiger partial charge in [0.05, 0.1) is 36.6 Å². The lowest BCUT2D eigenvalue weighted by molar-refractivity contribution is -0.132. The van der Waals surface area contributed by atoms with Gasteiger partial charge < -0.3 is 37.4 Å². The molecule has 70 heavy (non-hydrogen) atoms. The van der Waals surface area contributed by atoms with Crippen LogP contribution >= 0.6 is 0 Å². The largest absolute Gasteiger partial charge is 0.478 e. The molecule has 0 radical (unpaired) electrons. The fourth-order valence-corrected chi connectivity index (χ4v) is 13.3. The number of hydrogen-bond donors (Lipinski definition) is 2. The van der Waals surface area contributed by atoms with Crippen LogP contribution in [0.5, 0.6) is 0 Å². The Kier molecular flexibility index (Phi) is 25.1. The van der Waals surface area contributed by atoms with Gasteiger partial charge in [0.2, 0.25) is 0 Å². The van der Waals surface area contributed by atoms with E-state index in [9.17, 15) is 15.0 Å². The predicted octanol–water partition coefficient (Wildman–Crippen LogP) is 15.9. The zero-order valence-electron chi connectivity index (χ0n) is 50.5. The Hall–Kier alpha value is -0.982. The zero-order valence-corrected chi connectivity index (χ0v) is 54.5. The Morgan fingerprint density at radius 2 is 1.03 bits per heavy atom. The summed E-state index contributed by atoms with van der Waals surface area (Å²) in [5.41, 5.74) is 1.19. The maximum absolute atomic E-state index is 11.6. The molecule has 0 saturated carbocycles. The van der Waals surface area contributed by atoms with Crippen molar-refractivity contribution in [3.63, 3.8) is 0 Å². The Morgan fingerprint density at radius 3 is 1.50 bits per heavy atom. The third-order valence-electron chi connectivity index (χ3n) is 17.4. The van der Waals surface area contributed by atoms with Crippen molar-refractivity contribution in [3.05, 3.63) is 47.6 Å². The van der Waals surface area contributed by atoms with Crippen LogP contribution in [0.4, 0.5) is 0 Å². The van der Waals surface area contributed by atoms with Crippen LogP contribution in [0.1, 0.15) is 157 Å². The van der Waals surface area contributed by atoms with Gasteiger partial charge in [-0.1, -0.05) is 147 Å². The third-order valence-corrected chi connectivity index (χ3v) is 35.4. The smallest absolute Gasteiger partial charge is 0.331 e. The Bertz CT molecular complexity index is 1740. The topological polar surface area (TPSA) is 116 Å². The Balaban J connectivity index is 3.39. The quantitative estimate of drug-likeness (QED) is 0.0260. The number of epoxide rings is 1. The van der Waals surface area contributed by atoms with E-state index in [2.05, 4.69) is 200 Å². The average molecular weight is 1050 g/mol. The number of aliphatic hydroxyl groups is 1. The number of carboxylic acids is 1. The van der Waals surface area contributed by atoms with Gasteiger partial charge in [-0.2, -0.15) is 0 Å². The molecule has 410 valence electrons. The number of rotatable bonds is 28. The van der Waals surface area contributed by atoms with Crippen LogP contribution in [0, 0.1) is 23.7 Å². The standard InChI is InChI=1S/C57H112O9Si4/c1-39(38-42(4)53(59)60)37-41(3)49(65-69(25,26)56(14,15)16)52-51(62-52)48(64-68(23,24)55(11,12)13)36-32-30-34-46(58)40(2)33-29-31-35-47(63-67(21,22)54(8,9)10)44(6)50(43(5)45(7)61-20)66-70(27,28)57(17,18)19/h29-32,37-38,40-41,43-52,58H,33-36H2,1-28H3,(H,59,60)/b31-29+,32-30+,39-37+,42-38+/t40-,41+,43+,44+,45-,46-,47-,48+,49-,50-,51-,52-/m0/s1. The molecule has 0 aromatic heterocycles. The van der Waals surface area contributed by atoms with Crippen LogP contribution in [-0.2, 0) is 32.0 Å². The summed E-state index contributed by atoms with van der Waals surface area (Å²) in [7, 11) is -6.90. The molecule has 0 bridgehead atoms. The molecule has 0 aromatic carbocycles. The monoisotopic (exact) mass is 1050 g/mol. The maximum Gasteiger partial charge on any atom is 0.331 e. The van der Waals surface area contributed by atoms with Crippen molar-refractivity contribution in [3.8, 4) is 0 Å². The van der Waals surface area contributed by atoms with Crippen LogP contribution in [0.15, 0.2) is 47.6 Å². The summed E-state index contributed by atoms with van der Waals surface area (Å²) in [5.74, 6) is -0.576. The maximum atomic E-state index is 11.6. The van der Waals surface area contributed by atoms with E-state index in [0.29, 0.717) is 18.4 Å². The first-order chi connectivity index (χ1) is 31.4. The second kappa shape index (κ2) is 26.2. The van der Waals surface area contributed by atoms with Crippen molar-refractivity contribution < 1.29 is 42.2 Å². The summed E-state index contributed by atoms with van der Waals surface area (Å²) in [6, 6.07) is 0. The molecule has 1 saturated heterocycles. The zero-order chi connectivity index (χ0) is 55.0. The van der Waals surface area contributed by atoms with Gasteiger partial charge in [-0.3, -0.25) is 0 Å². The van der Waals surface area contributed by atoms with Crippen molar-refractivity contribution >= 4 is 39.2 Å². The number of aliphatic hydroxyl groups excluding tert-OH is 1. The lowest BCUT2D eigenvalue weighted by atomic mass is 9.85. The average Bonchev–Trinajstić information content (AvgIpc) is 3.99. The molecule has 12 atom stereocenters. The molecule has 1 aliphatic heterocycles. The van der Waals surface area contributed by atoms with Crippen LogP contribution < -0.4 is 0 Å². The van der Waals surface area contributed by atoms with E-state index in [0.717, 1.165) is 18.4 Å². The second-order valence-electron chi connectivity index (χ2n) is 27.6. The molecule has 1 fully saturated rings. The van der Waals surface area contributed by atoms with Gasteiger partial charge in [0.15, 0.2) is 33.3 Å². The van der Waals surface area contributed by atoms with E-state index in [1.54, 1.807) is 20.1 Å². The van der Waals surface area contributed by atoms with Crippen LogP contribution in [0.2, 0.25) is 72.5 Å². The van der Waals surface area contributed by atoms with Crippen molar-refractivity contribution in [1.29, 1.82) is 0 Å². The molecule has 13 heteroatoms. The van der Waals surface area contributed by atoms with Crippen LogP contribution in [-0.4, -0.2) is 105 Å². The van der Waals surface area contributed by atoms with E-state index >= 15 is 0 Å². The minimum Gasteiger partial charge on any atom is -0.478 e. The summed E-state index contributed by atoms with van der Waals surface area (Å²) in [6.45, 7) is 60.5. The van der Waals surface area contributed by atoms with Gasteiger partial charge in [0.1, 0.15) is 12.2 Å². The second-order valence-corrected chi connectivity index (χ2v) is 46.6. The van der Waals surface area contributed by atoms with Crippen molar-refractivity contribution in [2.75, 3.05) is 7.11 Å². The highest BCUT2D eigenvalue weighted by Gasteiger charge is 2.56. The molecule has 1 aliphatic rings. The number of hydrogen-bond acceptors (Lipinski definition) is 8. The number of methoxy groups -OCH3 is 1. The first-order valence-corrected chi connectivity index (χ1v) is 38.5. The van der Waals surface area contributed by atoms with Crippen molar-refractivity contribution in [2.24, 2.45) is 23.7 Å². The van der Waals surface area contributed by atoms with Gasteiger partial charge in [-0.25, -0.2) is 4.79 Å². The Morgan fingerprint density at radius 1 is 0.600 bits per heavy atom. The molecule has 0 amide bonds. The molecule has 0 aliphatic carbocycles. The predicted molar refractivity (Wildman–Crippen MR) is 308 cm³/mol. The molecule has 2 N–H and O–H groups in total. The van der Waals surface area contributed by atoms with E-state index < -0.39 is 45.3 Å². The van der Waals surface area contributed by atoms with E-state index in [4.69, 9.17) is 27.2 Å². The summed E-state index contributed by atoms with van der Waals surface area (Å²) < 4.78 is 41.5. The molecule has 0 spiro atoms. The van der Waals surface area contributed by atoms with Gasteiger partial charge in [-0.15, -0.1) is 0 Å². The number of carbonyl (C=O) groups is 1. The van der Waals surface area contributed by atoms with Crippen molar-refractivity contribution in [1.82, 2.24) is 0 Å². The van der Waals surface area contributed by atoms with Crippen LogP contribution in [0.3, 0.4) is 0 Å². The molecule has 9 nitrogen and oxygen atoms in total. The van der Waals surface area contributed by atoms with Gasteiger partial charge in [0.25, 0.3) is 0 Å². The number of carboxylic acid groups (broad SMARTS) is 1. The highest BCUT2D eigenvalue weighted by molar-refractivity contribution is 6.75. The Labute approximate surface area is 436 Å². The highest BCUT2D eigenvalue weighted by Crippen LogP contribution is 2.47. The molecule has 0 aromatic rings. The molecular formula is C57H112O9Si4. The normalized spacial score (nSPS) is 22.1. The minimum atomic E-state index is -2.23. The summed E-state index contributed by atoms with van der Waals surface area (Å²) in [4.78, 5) is 11.6. The molecule has 1 heterocycles. The summed E-state index contributed by atoms with van der Waals surface area (Å²) in [6.07, 6.45) is 14.2. The highest BCUT2D eigenvalue weighted by atomic mass is 28.4. The molecular weight excluding hydrogens is 941 g/mol. The molecule has 0 unspecified atom stereocenters. The summed E-state index contributed by atoms with van der Waals surface area (Å²) >= 11 is 0. The first kappa shape index (κ1) is 67.0. The van der Waals surface area contributed by atoms with E-state index in [1.807, 2.05) is 6.92 Å². The van der Waals surface area contributed by atoms with E-state index in [-0.39, 0.29) is 86.6 Å². The number of aliphatic carboxylic acids is 1. The summed E-state index contributed by atoms with van der Waals surface area (Å²) in [5, 5.41) is 21.2. The first-order valence-electron chi connectivity index (χ1n) is 26.8.